The van der Waals surface area contributed by atoms with Gasteiger partial charge in [-0.25, -0.2) is 15.0 Å². The van der Waals surface area contributed by atoms with Crippen molar-refractivity contribution in [2.24, 2.45) is 11.3 Å². The molecule has 2 aliphatic rings. The van der Waals surface area contributed by atoms with Gasteiger partial charge in [-0.05, 0) is 91.6 Å². The van der Waals surface area contributed by atoms with Gasteiger partial charge >= 0.3 is 0 Å². The molecule has 4 bridgehead atoms. The van der Waals surface area contributed by atoms with Crippen molar-refractivity contribution in [3.8, 4) is 17.1 Å². The number of nitrogens with zero attached hydrogens (tertiary/aromatic N) is 4. The second kappa shape index (κ2) is 11.7. The van der Waals surface area contributed by atoms with E-state index in [1.807, 2.05) is 12.3 Å². The number of benzene rings is 2. The molecule has 7 rings (SSSR count). The molecular formula is C36H40N6O2S. The lowest BCUT2D eigenvalue weighted by molar-refractivity contribution is 0.185. The van der Waals surface area contributed by atoms with E-state index in [4.69, 9.17) is 29.8 Å². The van der Waals surface area contributed by atoms with Crippen molar-refractivity contribution in [1.29, 1.82) is 0 Å². The molecule has 1 fully saturated rings. The predicted molar refractivity (Wildman–Crippen MR) is 181 cm³/mol. The van der Waals surface area contributed by atoms with E-state index >= 15 is 0 Å². The first-order valence-electron chi connectivity index (χ1n) is 15.8. The number of furan rings is 1. The monoisotopic (exact) mass is 620 g/mol. The predicted octanol–water partition coefficient (Wildman–Crippen LogP) is 8.65. The average molecular weight is 621 g/mol. The smallest absolute Gasteiger partial charge is 0.247 e. The van der Waals surface area contributed by atoms with Crippen LogP contribution in [0.3, 0.4) is 0 Å². The number of nitrogens with two attached hydrogens (primary N) is 1. The van der Waals surface area contributed by atoms with Gasteiger partial charge in [-0.3, -0.25) is 4.72 Å². The van der Waals surface area contributed by atoms with Crippen molar-refractivity contribution >= 4 is 34.8 Å². The summed E-state index contributed by atoms with van der Waals surface area (Å²) in [5.74, 6) is 2.37. The van der Waals surface area contributed by atoms with Crippen molar-refractivity contribution in [2.45, 2.75) is 77.0 Å². The van der Waals surface area contributed by atoms with E-state index in [9.17, 15) is 0 Å². The zero-order valence-corrected chi connectivity index (χ0v) is 27.4. The Kier molecular flexibility index (Phi) is 7.68. The normalized spacial score (nSPS) is 19.0. The highest BCUT2D eigenvalue weighted by atomic mass is 32.2. The first kappa shape index (κ1) is 29.6. The number of nitrogen functional groups attached to an aromatic ring is 1. The molecule has 2 aromatic carbocycles. The van der Waals surface area contributed by atoms with E-state index in [0.29, 0.717) is 47.2 Å². The SMILES string of the molecule is Cc1cccc(C)c1-c1cc2nc(n1)NSc1cccc(c1)C(Cc1cnc3oc(C(C)C)c(N)c3n1)C(CC1(C)CC1)CO2. The highest BCUT2D eigenvalue weighted by Gasteiger charge is 2.42. The molecule has 45 heavy (non-hydrogen) atoms. The van der Waals surface area contributed by atoms with Crippen LogP contribution in [0.15, 0.2) is 64.0 Å². The van der Waals surface area contributed by atoms with E-state index in [1.54, 1.807) is 0 Å². The number of ether oxygens (including phenoxy) is 1. The van der Waals surface area contributed by atoms with E-state index in [-0.39, 0.29) is 17.8 Å². The minimum atomic E-state index is 0.145. The molecule has 232 valence electrons. The zero-order valence-electron chi connectivity index (χ0n) is 26.6. The van der Waals surface area contributed by atoms with Gasteiger partial charge in [-0.1, -0.05) is 51.1 Å². The molecule has 1 saturated carbocycles. The fraction of sp³-hybridized carbons (Fsp3) is 0.389. The number of anilines is 2. The van der Waals surface area contributed by atoms with Crippen LogP contribution in [-0.4, -0.2) is 26.5 Å². The highest BCUT2D eigenvalue weighted by molar-refractivity contribution is 8.00. The van der Waals surface area contributed by atoms with Gasteiger partial charge in [0.1, 0.15) is 11.4 Å². The molecule has 1 aliphatic heterocycles. The molecule has 5 aromatic rings. The van der Waals surface area contributed by atoms with Crippen LogP contribution >= 0.6 is 11.9 Å². The number of hydrogen-bond donors (Lipinski definition) is 2. The maximum atomic E-state index is 6.63. The minimum Gasteiger partial charge on any atom is -0.477 e. The molecule has 0 radical (unpaired) electrons. The van der Waals surface area contributed by atoms with Crippen LogP contribution in [-0.2, 0) is 6.42 Å². The number of aromatic nitrogens is 4. The van der Waals surface area contributed by atoms with Gasteiger partial charge in [0.15, 0.2) is 5.52 Å². The lowest BCUT2D eigenvalue weighted by Gasteiger charge is -2.30. The molecule has 0 saturated heterocycles. The third kappa shape index (κ3) is 6.10. The Balaban J connectivity index is 1.29. The van der Waals surface area contributed by atoms with Gasteiger partial charge in [0.2, 0.25) is 17.5 Å². The molecule has 9 heteroatoms. The lowest BCUT2D eigenvalue weighted by atomic mass is 9.78. The first-order valence-corrected chi connectivity index (χ1v) is 16.6. The number of nitrogens with one attached hydrogen (secondary N) is 1. The Bertz CT molecular complexity index is 1860. The number of aryl methyl sites for hydroxylation is 2. The summed E-state index contributed by atoms with van der Waals surface area (Å²) in [6.45, 7) is 11.3. The third-order valence-corrected chi connectivity index (χ3v) is 10.1. The van der Waals surface area contributed by atoms with Crippen molar-refractivity contribution in [2.75, 3.05) is 17.1 Å². The fourth-order valence-electron chi connectivity index (χ4n) is 6.61. The third-order valence-electron chi connectivity index (χ3n) is 9.33. The van der Waals surface area contributed by atoms with Gasteiger partial charge < -0.3 is 14.9 Å². The van der Waals surface area contributed by atoms with Gasteiger partial charge in [0, 0.05) is 28.4 Å². The van der Waals surface area contributed by atoms with Crippen molar-refractivity contribution < 1.29 is 9.15 Å². The Morgan fingerprint density at radius 1 is 1.04 bits per heavy atom. The highest BCUT2D eigenvalue weighted by Crippen LogP contribution is 2.52. The Labute approximate surface area is 268 Å². The van der Waals surface area contributed by atoms with Crippen LogP contribution < -0.4 is 15.2 Å². The Morgan fingerprint density at radius 3 is 2.58 bits per heavy atom. The van der Waals surface area contributed by atoms with E-state index in [2.05, 4.69) is 86.8 Å². The van der Waals surface area contributed by atoms with Gasteiger partial charge in [-0.2, -0.15) is 4.98 Å². The number of rotatable bonds is 6. The molecule has 0 spiro atoms. The molecular weight excluding hydrogens is 581 g/mol. The van der Waals surface area contributed by atoms with Gasteiger partial charge in [0.25, 0.3) is 0 Å². The zero-order chi connectivity index (χ0) is 31.3. The summed E-state index contributed by atoms with van der Waals surface area (Å²) in [6.07, 6.45) is 6.07. The minimum absolute atomic E-state index is 0.145. The molecule has 0 amide bonds. The van der Waals surface area contributed by atoms with Crippen LogP contribution in [0.1, 0.15) is 80.0 Å². The summed E-state index contributed by atoms with van der Waals surface area (Å²) in [5, 5.41) is 0. The maximum Gasteiger partial charge on any atom is 0.247 e. The Hall–Kier alpha value is -4.11. The molecule has 8 nitrogen and oxygen atoms in total. The largest absolute Gasteiger partial charge is 0.477 e. The van der Waals surface area contributed by atoms with Crippen molar-refractivity contribution in [3.05, 3.63) is 82.9 Å². The molecule has 2 unspecified atom stereocenters. The summed E-state index contributed by atoms with van der Waals surface area (Å²) < 4.78 is 16.0. The topological polar surface area (TPSA) is 112 Å². The maximum absolute atomic E-state index is 6.63. The van der Waals surface area contributed by atoms with E-state index in [1.165, 1.54) is 41.5 Å². The lowest BCUT2D eigenvalue weighted by Crippen LogP contribution is -2.26. The summed E-state index contributed by atoms with van der Waals surface area (Å²) in [6, 6.07) is 17.1. The van der Waals surface area contributed by atoms with Crippen LogP contribution in [0.2, 0.25) is 0 Å². The molecule has 3 aromatic heterocycles. The molecule has 4 heterocycles. The molecule has 2 atom stereocenters. The van der Waals surface area contributed by atoms with Gasteiger partial charge in [-0.15, -0.1) is 0 Å². The van der Waals surface area contributed by atoms with Crippen LogP contribution in [0.25, 0.3) is 22.5 Å². The summed E-state index contributed by atoms with van der Waals surface area (Å²) in [4.78, 5) is 20.5. The number of fused-ring (bicyclic) bond motifs is 5. The van der Waals surface area contributed by atoms with E-state index < -0.39 is 0 Å². The second-order valence-electron chi connectivity index (χ2n) is 13.4. The average Bonchev–Trinajstić information content (AvgIpc) is 3.65. The van der Waals surface area contributed by atoms with Crippen molar-refractivity contribution in [1.82, 2.24) is 19.9 Å². The van der Waals surface area contributed by atoms with Crippen LogP contribution in [0.5, 0.6) is 5.88 Å². The molecule has 1 aliphatic carbocycles. The summed E-state index contributed by atoms with van der Waals surface area (Å²) in [5.41, 5.74) is 15.0. The Morgan fingerprint density at radius 2 is 1.82 bits per heavy atom. The fourth-order valence-corrected chi connectivity index (χ4v) is 7.26. The number of hydrogen-bond acceptors (Lipinski definition) is 9. The van der Waals surface area contributed by atoms with E-state index in [0.717, 1.165) is 34.0 Å². The molecule has 3 N–H and O–H groups in total. The van der Waals surface area contributed by atoms with Gasteiger partial charge in [0.05, 0.1) is 24.2 Å². The summed E-state index contributed by atoms with van der Waals surface area (Å²) >= 11 is 1.52. The quantitative estimate of drug-likeness (QED) is 0.180. The second-order valence-corrected chi connectivity index (χ2v) is 14.3. The van der Waals surface area contributed by atoms with Crippen LogP contribution in [0, 0.1) is 25.2 Å². The summed E-state index contributed by atoms with van der Waals surface area (Å²) in [7, 11) is 0. The van der Waals surface area contributed by atoms with Crippen molar-refractivity contribution in [3.63, 3.8) is 0 Å². The van der Waals surface area contributed by atoms with Crippen LogP contribution in [0.4, 0.5) is 11.6 Å². The first-order chi connectivity index (χ1) is 21.7. The standard InChI is InChI=1S/C36H40N6O2S/c1-20(2)33-31(37)32-34(44-33)38-18-25(39-32)15-27-23-10-7-11-26(14-23)45-42-35-40-28(30-21(3)8-6-9-22(30)4)16-29(41-35)43-19-24(27)17-36(5)12-13-36/h6-11,14,16,18,20,24,27H,12-13,15,17,19,37H2,1-5H3,(H,40,41,42).